The number of nitrogens with zero attached hydrogens (tertiary/aromatic N) is 2. The van der Waals surface area contributed by atoms with Gasteiger partial charge in [0, 0.05) is 11.1 Å². The topological polar surface area (TPSA) is 51.8 Å². The molecule has 0 atom stereocenters. The van der Waals surface area contributed by atoms with Gasteiger partial charge >= 0.3 is 0 Å². The number of aryl methyl sites for hydroxylation is 2. The molecule has 1 aliphatic rings. The third-order valence-corrected chi connectivity index (χ3v) is 4.02. The van der Waals surface area contributed by atoms with Crippen molar-refractivity contribution in [3.05, 3.63) is 65.6 Å². The number of fused-ring (bicyclic) bond motifs is 3. The average molecular weight is 291 g/mol. The van der Waals surface area contributed by atoms with E-state index in [4.69, 9.17) is 5.73 Å². The van der Waals surface area contributed by atoms with Crippen LogP contribution < -0.4 is 5.73 Å². The van der Waals surface area contributed by atoms with Gasteiger partial charge in [0.05, 0.1) is 11.4 Å². The van der Waals surface area contributed by atoms with Crippen LogP contribution in [0.2, 0.25) is 0 Å². The predicted octanol–water partition coefficient (Wildman–Crippen LogP) is 3.63. The largest absolute Gasteiger partial charge is 0.368 e. The number of aromatic nitrogens is 2. The van der Waals surface area contributed by atoms with Gasteiger partial charge in [-0.2, -0.15) is 0 Å². The van der Waals surface area contributed by atoms with E-state index in [-0.39, 0.29) is 11.8 Å². The van der Waals surface area contributed by atoms with Gasteiger partial charge in [-0.3, -0.25) is 0 Å². The lowest BCUT2D eigenvalue weighted by Gasteiger charge is -2.22. The average Bonchev–Trinajstić information content (AvgIpc) is 2.54. The zero-order valence-corrected chi connectivity index (χ0v) is 11.9. The Labute approximate surface area is 127 Å². The highest BCUT2D eigenvalue weighted by molar-refractivity contribution is 5.85. The molecule has 3 aromatic rings. The molecule has 1 aliphatic carbocycles. The monoisotopic (exact) mass is 291 g/mol. The fraction of sp³-hybridized carbons (Fsp3) is 0.111. The van der Waals surface area contributed by atoms with Gasteiger partial charge < -0.3 is 5.73 Å². The summed E-state index contributed by atoms with van der Waals surface area (Å²) < 4.78 is 13.5. The summed E-state index contributed by atoms with van der Waals surface area (Å²) in [7, 11) is 0. The lowest BCUT2D eigenvalue weighted by Crippen LogP contribution is -2.11. The molecule has 0 aliphatic heterocycles. The molecule has 22 heavy (non-hydrogen) atoms. The number of nitrogens with two attached hydrogens (primary N) is 1. The summed E-state index contributed by atoms with van der Waals surface area (Å²) >= 11 is 0. The molecule has 0 radical (unpaired) electrons. The van der Waals surface area contributed by atoms with E-state index in [0.717, 1.165) is 46.5 Å². The van der Waals surface area contributed by atoms with E-state index in [9.17, 15) is 4.39 Å². The van der Waals surface area contributed by atoms with E-state index in [2.05, 4.69) is 9.97 Å². The van der Waals surface area contributed by atoms with Crippen LogP contribution in [0.4, 0.5) is 10.3 Å². The number of benzene rings is 2. The molecule has 2 aromatic carbocycles. The fourth-order valence-electron chi connectivity index (χ4n) is 3.06. The Kier molecular flexibility index (Phi) is 2.89. The normalized spacial score (nSPS) is 12.6. The highest BCUT2D eigenvalue weighted by Crippen LogP contribution is 2.39. The van der Waals surface area contributed by atoms with Crippen LogP contribution in [0, 0.1) is 5.82 Å². The smallest absolute Gasteiger partial charge is 0.220 e. The van der Waals surface area contributed by atoms with Crippen molar-refractivity contribution >= 4 is 5.95 Å². The van der Waals surface area contributed by atoms with Gasteiger partial charge in [0.15, 0.2) is 0 Å². The van der Waals surface area contributed by atoms with Crippen molar-refractivity contribution in [2.24, 2.45) is 0 Å². The minimum absolute atomic E-state index is 0.208. The molecule has 4 heteroatoms. The van der Waals surface area contributed by atoms with E-state index >= 15 is 0 Å². The standard InChI is InChI=1S/C18H14FN3/c19-13-7-8-14-12(10-13)6-9-15-16(14)17(22-18(20)21-15)11-4-2-1-3-5-11/h1-5,7-8,10H,6,9H2,(H2,20,21,22). The highest BCUT2D eigenvalue weighted by atomic mass is 19.1. The van der Waals surface area contributed by atoms with Crippen LogP contribution in [0.1, 0.15) is 11.3 Å². The van der Waals surface area contributed by atoms with Gasteiger partial charge in [-0.15, -0.1) is 0 Å². The molecule has 0 amide bonds. The fourth-order valence-corrected chi connectivity index (χ4v) is 3.06. The van der Waals surface area contributed by atoms with Crippen molar-refractivity contribution in [3.8, 4) is 22.4 Å². The lowest BCUT2D eigenvalue weighted by molar-refractivity contribution is 0.625. The van der Waals surface area contributed by atoms with Crippen molar-refractivity contribution in [1.82, 2.24) is 9.97 Å². The third-order valence-electron chi connectivity index (χ3n) is 4.02. The Bertz CT molecular complexity index is 860. The van der Waals surface area contributed by atoms with Gasteiger partial charge in [-0.05, 0) is 36.1 Å². The van der Waals surface area contributed by atoms with Crippen LogP contribution in [0.25, 0.3) is 22.4 Å². The van der Waals surface area contributed by atoms with Crippen LogP contribution in [0.5, 0.6) is 0 Å². The zero-order chi connectivity index (χ0) is 15.1. The first-order chi connectivity index (χ1) is 10.7. The second kappa shape index (κ2) is 4.91. The minimum atomic E-state index is -0.208. The van der Waals surface area contributed by atoms with Gasteiger partial charge in [-0.1, -0.05) is 36.4 Å². The molecular formula is C18H14FN3. The SMILES string of the molecule is Nc1nc2c(c(-c3ccccc3)n1)-c1ccc(F)cc1CC2. The van der Waals surface area contributed by atoms with Crippen LogP contribution >= 0.6 is 0 Å². The summed E-state index contributed by atoms with van der Waals surface area (Å²) in [4.78, 5) is 8.85. The molecule has 3 nitrogen and oxygen atoms in total. The molecule has 2 N–H and O–H groups in total. The maximum Gasteiger partial charge on any atom is 0.220 e. The summed E-state index contributed by atoms with van der Waals surface area (Å²) in [5.74, 6) is 0.0722. The third kappa shape index (κ3) is 2.04. The molecule has 0 bridgehead atoms. The number of anilines is 1. The Morgan fingerprint density at radius 3 is 2.59 bits per heavy atom. The number of hydrogen-bond acceptors (Lipinski definition) is 3. The number of halogens is 1. The van der Waals surface area contributed by atoms with Crippen molar-refractivity contribution in [2.75, 3.05) is 5.73 Å². The summed E-state index contributed by atoms with van der Waals surface area (Å²) in [6.45, 7) is 0. The first kappa shape index (κ1) is 13.0. The van der Waals surface area contributed by atoms with E-state index < -0.39 is 0 Å². The molecule has 0 unspecified atom stereocenters. The number of hydrogen-bond donors (Lipinski definition) is 1. The zero-order valence-electron chi connectivity index (χ0n) is 11.9. The van der Waals surface area contributed by atoms with Crippen LogP contribution in [-0.4, -0.2) is 9.97 Å². The van der Waals surface area contributed by atoms with Gasteiger partial charge in [0.1, 0.15) is 5.82 Å². The molecule has 1 heterocycles. The molecule has 0 spiro atoms. The van der Waals surface area contributed by atoms with Gasteiger partial charge in [0.25, 0.3) is 0 Å². The van der Waals surface area contributed by atoms with Crippen molar-refractivity contribution in [1.29, 1.82) is 0 Å². The summed E-state index contributed by atoms with van der Waals surface area (Å²) in [5, 5.41) is 0. The van der Waals surface area contributed by atoms with Gasteiger partial charge in [0.2, 0.25) is 5.95 Å². The number of nitrogen functional groups attached to an aromatic ring is 1. The molecule has 4 rings (SSSR count). The predicted molar refractivity (Wildman–Crippen MR) is 84.7 cm³/mol. The summed E-state index contributed by atoms with van der Waals surface area (Å²) in [6.07, 6.45) is 1.52. The van der Waals surface area contributed by atoms with E-state index in [1.54, 1.807) is 6.07 Å². The van der Waals surface area contributed by atoms with E-state index in [1.807, 2.05) is 36.4 Å². The van der Waals surface area contributed by atoms with Crippen molar-refractivity contribution in [2.45, 2.75) is 12.8 Å². The molecule has 108 valence electrons. The summed E-state index contributed by atoms with van der Waals surface area (Å²) in [6, 6.07) is 14.8. The number of rotatable bonds is 1. The quantitative estimate of drug-likeness (QED) is 0.745. The van der Waals surface area contributed by atoms with Crippen LogP contribution in [-0.2, 0) is 12.8 Å². The Morgan fingerprint density at radius 2 is 1.77 bits per heavy atom. The van der Waals surface area contributed by atoms with Gasteiger partial charge in [-0.25, -0.2) is 14.4 Å². The molecule has 1 aromatic heterocycles. The molecule has 0 fully saturated rings. The first-order valence-electron chi connectivity index (χ1n) is 7.23. The second-order valence-electron chi connectivity index (χ2n) is 5.42. The highest BCUT2D eigenvalue weighted by Gasteiger charge is 2.23. The van der Waals surface area contributed by atoms with Crippen molar-refractivity contribution < 1.29 is 4.39 Å². The summed E-state index contributed by atoms with van der Waals surface area (Å²) in [5.41, 5.74) is 11.6. The second-order valence-corrected chi connectivity index (χ2v) is 5.42. The van der Waals surface area contributed by atoms with Crippen LogP contribution in [0.3, 0.4) is 0 Å². The minimum Gasteiger partial charge on any atom is -0.368 e. The molecular weight excluding hydrogens is 277 g/mol. The maximum absolute atomic E-state index is 13.5. The van der Waals surface area contributed by atoms with Crippen LogP contribution in [0.15, 0.2) is 48.5 Å². The Morgan fingerprint density at radius 1 is 0.955 bits per heavy atom. The maximum atomic E-state index is 13.5. The van der Waals surface area contributed by atoms with Crippen molar-refractivity contribution in [3.63, 3.8) is 0 Å². The van der Waals surface area contributed by atoms with E-state index in [1.165, 1.54) is 6.07 Å². The molecule has 0 saturated carbocycles. The molecule has 0 saturated heterocycles. The lowest BCUT2D eigenvalue weighted by atomic mass is 9.86. The Hall–Kier alpha value is -2.75. The first-order valence-corrected chi connectivity index (χ1v) is 7.23. The van der Waals surface area contributed by atoms with E-state index in [0.29, 0.717) is 0 Å². The Balaban J connectivity index is 2.03.